The normalized spacial score (nSPS) is 31.4. The highest BCUT2D eigenvalue weighted by molar-refractivity contribution is 5.41. The molecule has 1 aliphatic heterocycles. The Bertz CT molecular complexity index is 468. The van der Waals surface area contributed by atoms with Crippen molar-refractivity contribution < 1.29 is 17.6 Å². The van der Waals surface area contributed by atoms with Crippen molar-refractivity contribution in [2.24, 2.45) is 5.92 Å². The number of hydrogen-bond acceptors (Lipinski definition) is 1. The molecule has 2 atom stereocenters. The van der Waals surface area contributed by atoms with E-state index in [1.54, 1.807) is 0 Å². The Kier molecular flexibility index (Phi) is 2.09. The summed E-state index contributed by atoms with van der Waals surface area (Å²) in [5.74, 6) is -0.799. The molecule has 3 rings (SSSR count). The Labute approximate surface area is 95.8 Å². The number of halogens is 4. The van der Waals surface area contributed by atoms with Crippen molar-refractivity contribution in [1.29, 1.82) is 0 Å². The summed E-state index contributed by atoms with van der Waals surface area (Å²) in [6.07, 6.45) is -3.83. The molecule has 0 amide bonds. The average Bonchev–Trinajstić information content (AvgIpc) is 2.80. The van der Waals surface area contributed by atoms with Crippen molar-refractivity contribution in [3.63, 3.8) is 0 Å². The summed E-state index contributed by atoms with van der Waals surface area (Å²) in [6.45, 7) is 1.35. The van der Waals surface area contributed by atoms with E-state index in [2.05, 4.69) is 5.32 Å². The van der Waals surface area contributed by atoms with Crippen molar-refractivity contribution >= 4 is 0 Å². The third-order valence-electron chi connectivity index (χ3n) is 3.90. The molecule has 2 unspecified atom stereocenters. The Balaban J connectivity index is 2.08. The molecule has 0 aromatic heterocycles. The monoisotopic (exact) mass is 245 g/mol. The molecular weight excluding hydrogens is 234 g/mol. The SMILES string of the molecule is Fc1c(C(F)(F)F)cccc1C12CNCC1C2. The second-order valence-corrected chi connectivity index (χ2v) is 4.85. The molecule has 2 aliphatic rings. The lowest BCUT2D eigenvalue weighted by Gasteiger charge is -2.16. The third-order valence-corrected chi connectivity index (χ3v) is 3.90. The number of benzene rings is 1. The topological polar surface area (TPSA) is 12.0 Å². The summed E-state index contributed by atoms with van der Waals surface area (Å²) in [5, 5.41) is 3.10. The zero-order valence-electron chi connectivity index (χ0n) is 8.94. The largest absolute Gasteiger partial charge is 0.419 e. The molecule has 1 nitrogen and oxygen atoms in total. The molecule has 1 N–H and O–H groups in total. The van der Waals surface area contributed by atoms with Gasteiger partial charge in [-0.05, 0) is 30.5 Å². The van der Waals surface area contributed by atoms with E-state index in [0.717, 1.165) is 19.0 Å². The maximum absolute atomic E-state index is 13.9. The van der Waals surface area contributed by atoms with Crippen molar-refractivity contribution in [3.05, 3.63) is 35.1 Å². The zero-order valence-corrected chi connectivity index (χ0v) is 8.94. The van der Waals surface area contributed by atoms with Crippen molar-refractivity contribution in [2.45, 2.75) is 18.0 Å². The number of rotatable bonds is 1. The number of piperidine rings is 1. The molecule has 1 saturated carbocycles. The van der Waals surface area contributed by atoms with Crippen molar-refractivity contribution in [2.75, 3.05) is 13.1 Å². The van der Waals surface area contributed by atoms with E-state index in [4.69, 9.17) is 0 Å². The van der Waals surface area contributed by atoms with Gasteiger partial charge in [0.1, 0.15) is 5.82 Å². The lowest BCUT2D eigenvalue weighted by Crippen LogP contribution is -2.22. The highest BCUT2D eigenvalue weighted by Crippen LogP contribution is 2.57. The molecule has 17 heavy (non-hydrogen) atoms. The molecular formula is C12H11F4N. The van der Waals surface area contributed by atoms with E-state index < -0.39 is 17.6 Å². The first kappa shape index (κ1) is 11.0. The van der Waals surface area contributed by atoms with Gasteiger partial charge in [0, 0.05) is 12.0 Å². The van der Waals surface area contributed by atoms with Gasteiger partial charge in [0.2, 0.25) is 0 Å². The Morgan fingerprint density at radius 2 is 2.06 bits per heavy atom. The minimum absolute atomic E-state index is 0.224. The van der Waals surface area contributed by atoms with E-state index in [1.807, 2.05) is 0 Å². The van der Waals surface area contributed by atoms with Crippen LogP contribution in [0, 0.1) is 11.7 Å². The zero-order chi connectivity index (χ0) is 12.3. The number of alkyl halides is 3. The van der Waals surface area contributed by atoms with Gasteiger partial charge in [-0.25, -0.2) is 4.39 Å². The molecule has 0 bridgehead atoms. The summed E-state index contributed by atoms with van der Waals surface area (Å²) in [7, 11) is 0. The molecule has 1 aliphatic carbocycles. The lowest BCUT2D eigenvalue weighted by molar-refractivity contribution is -0.140. The summed E-state index contributed by atoms with van der Waals surface area (Å²) < 4.78 is 51.7. The van der Waals surface area contributed by atoms with E-state index in [1.165, 1.54) is 12.1 Å². The van der Waals surface area contributed by atoms with Crippen LogP contribution >= 0.6 is 0 Å². The summed E-state index contributed by atoms with van der Waals surface area (Å²) >= 11 is 0. The first-order valence-corrected chi connectivity index (χ1v) is 5.52. The molecule has 2 fully saturated rings. The van der Waals surface area contributed by atoms with Gasteiger partial charge in [0.05, 0.1) is 5.56 Å². The van der Waals surface area contributed by atoms with E-state index in [-0.39, 0.29) is 11.0 Å². The predicted molar refractivity (Wildman–Crippen MR) is 54.1 cm³/mol. The smallest absolute Gasteiger partial charge is 0.316 e. The standard InChI is InChI=1S/C12H11F4N/c13-10-8(11-4-7(11)5-17-6-11)2-1-3-9(10)12(14,15)16/h1-3,7,17H,4-6H2. The first-order valence-electron chi connectivity index (χ1n) is 5.52. The Morgan fingerprint density at radius 1 is 1.29 bits per heavy atom. The van der Waals surface area contributed by atoms with Crippen LogP contribution < -0.4 is 5.32 Å². The second kappa shape index (κ2) is 3.22. The quantitative estimate of drug-likeness (QED) is 0.750. The van der Waals surface area contributed by atoms with Gasteiger partial charge in [0.25, 0.3) is 0 Å². The average molecular weight is 245 g/mol. The molecule has 92 valence electrons. The van der Waals surface area contributed by atoms with Crippen molar-refractivity contribution in [3.8, 4) is 0 Å². The third kappa shape index (κ3) is 1.48. The number of hydrogen-bond donors (Lipinski definition) is 1. The van der Waals surface area contributed by atoms with Crippen molar-refractivity contribution in [1.82, 2.24) is 5.32 Å². The van der Waals surface area contributed by atoms with Crippen LogP contribution in [-0.4, -0.2) is 13.1 Å². The van der Waals surface area contributed by atoms with Gasteiger partial charge in [-0.3, -0.25) is 0 Å². The molecule has 1 aromatic carbocycles. The van der Waals surface area contributed by atoms with Gasteiger partial charge in [-0.1, -0.05) is 12.1 Å². The van der Waals surface area contributed by atoms with Crippen LogP contribution in [0.5, 0.6) is 0 Å². The maximum atomic E-state index is 13.9. The molecule has 0 spiro atoms. The Hall–Kier alpha value is -1.10. The highest BCUT2D eigenvalue weighted by atomic mass is 19.4. The molecule has 0 radical (unpaired) electrons. The van der Waals surface area contributed by atoms with Gasteiger partial charge >= 0.3 is 6.18 Å². The fourth-order valence-electron chi connectivity index (χ4n) is 2.89. The maximum Gasteiger partial charge on any atom is 0.419 e. The predicted octanol–water partition coefficient (Wildman–Crippen LogP) is 2.71. The number of fused-ring (bicyclic) bond motifs is 1. The van der Waals surface area contributed by atoms with Crippen LogP contribution in [0.15, 0.2) is 18.2 Å². The molecule has 5 heteroatoms. The second-order valence-electron chi connectivity index (χ2n) is 4.85. The molecule has 1 saturated heterocycles. The van der Waals surface area contributed by atoms with Crippen LogP contribution in [0.1, 0.15) is 17.5 Å². The van der Waals surface area contributed by atoms with E-state index in [9.17, 15) is 17.6 Å². The first-order chi connectivity index (χ1) is 7.95. The minimum atomic E-state index is -4.62. The van der Waals surface area contributed by atoms with Gasteiger partial charge in [0.15, 0.2) is 0 Å². The van der Waals surface area contributed by atoms with Gasteiger partial charge < -0.3 is 5.32 Å². The molecule has 1 heterocycles. The fraction of sp³-hybridized carbons (Fsp3) is 0.500. The van der Waals surface area contributed by atoms with Crippen LogP contribution in [0.4, 0.5) is 17.6 Å². The summed E-state index contributed by atoms with van der Waals surface area (Å²) in [4.78, 5) is 0. The van der Waals surface area contributed by atoms with E-state index in [0.29, 0.717) is 12.5 Å². The van der Waals surface area contributed by atoms with E-state index >= 15 is 0 Å². The van der Waals surface area contributed by atoms with Crippen LogP contribution in [-0.2, 0) is 11.6 Å². The summed E-state index contributed by atoms with van der Waals surface area (Å²) in [6, 6.07) is 3.58. The highest BCUT2D eigenvalue weighted by Gasteiger charge is 2.59. The number of nitrogens with one attached hydrogen (secondary N) is 1. The summed E-state index contributed by atoms with van der Waals surface area (Å²) in [5.41, 5.74) is -1.31. The molecule has 1 aromatic rings. The van der Waals surface area contributed by atoms with Gasteiger partial charge in [-0.15, -0.1) is 0 Å². The Morgan fingerprint density at radius 3 is 2.59 bits per heavy atom. The van der Waals surface area contributed by atoms with Crippen LogP contribution in [0.25, 0.3) is 0 Å². The minimum Gasteiger partial charge on any atom is -0.316 e. The van der Waals surface area contributed by atoms with Gasteiger partial charge in [-0.2, -0.15) is 13.2 Å². The van der Waals surface area contributed by atoms with Crippen LogP contribution in [0.2, 0.25) is 0 Å². The lowest BCUT2D eigenvalue weighted by atomic mass is 9.92. The fourth-order valence-corrected chi connectivity index (χ4v) is 2.89. The van der Waals surface area contributed by atoms with Crippen LogP contribution in [0.3, 0.4) is 0 Å².